The molecule has 0 aliphatic carbocycles. The molecule has 0 saturated heterocycles. The summed E-state index contributed by atoms with van der Waals surface area (Å²) >= 11 is 0. The van der Waals surface area contributed by atoms with Crippen LogP contribution in [-0.4, -0.2) is 18.2 Å². The summed E-state index contributed by atoms with van der Waals surface area (Å²) in [6, 6.07) is 1.79. The van der Waals surface area contributed by atoms with Crippen molar-refractivity contribution in [3.63, 3.8) is 0 Å². The predicted molar refractivity (Wildman–Crippen MR) is 63.3 cm³/mol. The van der Waals surface area contributed by atoms with Gasteiger partial charge in [0.15, 0.2) is 5.78 Å². The smallest absolute Gasteiger partial charge is 0.254 e. The molecule has 98 valence electrons. The SMILES string of the molecule is Cc1cc(C(=O)NCC(=O)C(C)C)c(F)cc1F. The third-order valence-electron chi connectivity index (χ3n) is 2.56. The average molecular weight is 255 g/mol. The van der Waals surface area contributed by atoms with Crippen LogP contribution < -0.4 is 5.32 Å². The summed E-state index contributed by atoms with van der Waals surface area (Å²) in [6.45, 7) is 4.69. The molecule has 0 bridgehead atoms. The fourth-order valence-electron chi connectivity index (χ4n) is 1.30. The van der Waals surface area contributed by atoms with Gasteiger partial charge in [0.05, 0.1) is 12.1 Å². The highest BCUT2D eigenvalue weighted by atomic mass is 19.1. The molecular formula is C13H15F2NO2. The first-order valence-corrected chi connectivity index (χ1v) is 5.59. The molecule has 5 heteroatoms. The second kappa shape index (κ2) is 5.71. The van der Waals surface area contributed by atoms with Crippen LogP contribution in [0.15, 0.2) is 12.1 Å². The molecule has 0 heterocycles. The number of carbonyl (C=O) groups excluding carboxylic acids is 2. The van der Waals surface area contributed by atoms with Crippen molar-refractivity contribution in [2.45, 2.75) is 20.8 Å². The van der Waals surface area contributed by atoms with Crippen LogP contribution in [0.4, 0.5) is 8.78 Å². The Labute approximate surface area is 104 Å². The lowest BCUT2D eigenvalue weighted by molar-refractivity contribution is -0.120. The molecule has 18 heavy (non-hydrogen) atoms. The van der Waals surface area contributed by atoms with Crippen molar-refractivity contribution in [3.05, 3.63) is 34.9 Å². The number of Topliss-reactive ketones (excluding diaryl/α,β-unsaturated/α-hetero) is 1. The summed E-state index contributed by atoms with van der Waals surface area (Å²) in [6.07, 6.45) is 0. The second-order valence-corrected chi connectivity index (χ2v) is 4.38. The van der Waals surface area contributed by atoms with Gasteiger partial charge in [0, 0.05) is 12.0 Å². The van der Waals surface area contributed by atoms with Gasteiger partial charge in [-0.2, -0.15) is 0 Å². The van der Waals surface area contributed by atoms with Crippen molar-refractivity contribution in [2.75, 3.05) is 6.54 Å². The van der Waals surface area contributed by atoms with E-state index in [0.717, 1.165) is 6.07 Å². The Bertz CT molecular complexity index is 484. The van der Waals surface area contributed by atoms with Crippen molar-refractivity contribution in [2.24, 2.45) is 5.92 Å². The van der Waals surface area contributed by atoms with E-state index >= 15 is 0 Å². The first-order chi connectivity index (χ1) is 8.32. The fraction of sp³-hybridized carbons (Fsp3) is 0.385. The van der Waals surface area contributed by atoms with Gasteiger partial charge in [-0.25, -0.2) is 8.78 Å². The topological polar surface area (TPSA) is 46.2 Å². The van der Waals surface area contributed by atoms with Gasteiger partial charge >= 0.3 is 0 Å². The molecule has 1 aromatic rings. The van der Waals surface area contributed by atoms with Gasteiger partial charge in [0.2, 0.25) is 0 Å². The zero-order valence-electron chi connectivity index (χ0n) is 10.5. The van der Waals surface area contributed by atoms with Gasteiger partial charge in [-0.3, -0.25) is 9.59 Å². The Kier molecular flexibility index (Phi) is 4.53. The molecule has 3 nitrogen and oxygen atoms in total. The van der Waals surface area contributed by atoms with Gasteiger partial charge in [0.25, 0.3) is 5.91 Å². The van der Waals surface area contributed by atoms with Crippen LogP contribution in [0.3, 0.4) is 0 Å². The molecular weight excluding hydrogens is 240 g/mol. The zero-order chi connectivity index (χ0) is 13.9. The van der Waals surface area contributed by atoms with E-state index in [9.17, 15) is 18.4 Å². The summed E-state index contributed by atoms with van der Waals surface area (Å²) in [5, 5.41) is 2.32. The third kappa shape index (κ3) is 3.35. The standard InChI is InChI=1S/C13H15F2NO2/c1-7(2)12(17)6-16-13(18)9-4-8(3)10(14)5-11(9)15/h4-5,7H,6H2,1-3H3,(H,16,18). The maximum absolute atomic E-state index is 13.4. The monoisotopic (exact) mass is 255 g/mol. The predicted octanol–water partition coefficient (Wildman–Crippen LogP) is 2.23. The lowest BCUT2D eigenvalue weighted by Gasteiger charge is -2.08. The Hall–Kier alpha value is -1.78. The van der Waals surface area contributed by atoms with Crippen molar-refractivity contribution < 1.29 is 18.4 Å². The van der Waals surface area contributed by atoms with E-state index < -0.39 is 17.5 Å². The number of rotatable bonds is 4. The molecule has 1 amide bonds. The van der Waals surface area contributed by atoms with Crippen molar-refractivity contribution in [3.8, 4) is 0 Å². The number of halogens is 2. The van der Waals surface area contributed by atoms with Crippen LogP contribution in [0, 0.1) is 24.5 Å². The molecule has 0 radical (unpaired) electrons. The largest absolute Gasteiger partial charge is 0.345 e. The quantitative estimate of drug-likeness (QED) is 0.896. The molecule has 1 aromatic carbocycles. The zero-order valence-corrected chi connectivity index (χ0v) is 10.5. The van der Waals surface area contributed by atoms with Crippen LogP contribution in [-0.2, 0) is 4.79 Å². The lowest BCUT2D eigenvalue weighted by Crippen LogP contribution is -2.32. The maximum Gasteiger partial charge on any atom is 0.254 e. The molecule has 0 unspecified atom stereocenters. The highest BCUT2D eigenvalue weighted by Crippen LogP contribution is 2.14. The molecule has 0 spiro atoms. The van der Waals surface area contributed by atoms with E-state index in [0.29, 0.717) is 6.07 Å². The summed E-state index contributed by atoms with van der Waals surface area (Å²) in [7, 11) is 0. The number of carbonyl (C=O) groups is 2. The lowest BCUT2D eigenvalue weighted by atomic mass is 10.1. The van der Waals surface area contributed by atoms with Crippen LogP contribution in [0.25, 0.3) is 0 Å². The molecule has 0 aliphatic heterocycles. The molecule has 1 N–H and O–H groups in total. The summed E-state index contributed by atoms with van der Waals surface area (Å²) < 4.78 is 26.4. The van der Waals surface area contributed by atoms with E-state index in [1.807, 2.05) is 0 Å². The van der Waals surface area contributed by atoms with Gasteiger partial charge in [-0.05, 0) is 18.6 Å². The van der Waals surface area contributed by atoms with Crippen LogP contribution in [0.5, 0.6) is 0 Å². The number of amides is 1. The molecule has 1 rings (SSSR count). The van der Waals surface area contributed by atoms with E-state index in [1.54, 1.807) is 13.8 Å². The molecule has 0 aromatic heterocycles. The highest BCUT2D eigenvalue weighted by molar-refractivity contribution is 5.97. The van der Waals surface area contributed by atoms with Gasteiger partial charge in [0.1, 0.15) is 11.6 Å². The minimum atomic E-state index is -0.937. The third-order valence-corrected chi connectivity index (χ3v) is 2.56. The van der Waals surface area contributed by atoms with Crippen LogP contribution in [0.1, 0.15) is 29.8 Å². The van der Waals surface area contributed by atoms with Gasteiger partial charge in [-0.1, -0.05) is 13.8 Å². The Morgan fingerprint density at radius 3 is 2.39 bits per heavy atom. The minimum absolute atomic E-state index is 0.150. The first kappa shape index (κ1) is 14.3. The number of hydrogen-bond donors (Lipinski definition) is 1. The molecule has 0 atom stereocenters. The number of aryl methyl sites for hydroxylation is 1. The maximum atomic E-state index is 13.4. The van der Waals surface area contributed by atoms with E-state index in [-0.39, 0.29) is 29.4 Å². The molecule has 0 fully saturated rings. The normalized spacial score (nSPS) is 10.6. The van der Waals surface area contributed by atoms with Gasteiger partial charge in [-0.15, -0.1) is 0 Å². The van der Waals surface area contributed by atoms with Gasteiger partial charge < -0.3 is 5.32 Å². The van der Waals surface area contributed by atoms with E-state index in [2.05, 4.69) is 5.32 Å². The van der Waals surface area contributed by atoms with E-state index in [1.165, 1.54) is 6.92 Å². The van der Waals surface area contributed by atoms with Crippen molar-refractivity contribution in [1.29, 1.82) is 0 Å². The number of ketones is 1. The van der Waals surface area contributed by atoms with Crippen molar-refractivity contribution in [1.82, 2.24) is 5.32 Å². The van der Waals surface area contributed by atoms with Crippen molar-refractivity contribution >= 4 is 11.7 Å². The summed E-state index contributed by atoms with van der Waals surface area (Å²) in [4.78, 5) is 22.9. The number of benzene rings is 1. The molecule has 0 saturated carbocycles. The highest BCUT2D eigenvalue weighted by Gasteiger charge is 2.16. The Morgan fingerprint density at radius 1 is 1.22 bits per heavy atom. The fourth-order valence-corrected chi connectivity index (χ4v) is 1.30. The second-order valence-electron chi connectivity index (χ2n) is 4.38. The van der Waals surface area contributed by atoms with Crippen LogP contribution >= 0.6 is 0 Å². The average Bonchev–Trinajstić information content (AvgIpc) is 2.30. The van der Waals surface area contributed by atoms with Crippen LogP contribution in [0.2, 0.25) is 0 Å². The molecule has 0 aliphatic rings. The Balaban J connectivity index is 2.79. The minimum Gasteiger partial charge on any atom is -0.345 e. The number of hydrogen-bond acceptors (Lipinski definition) is 2. The Morgan fingerprint density at radius 2 is 1.83 bits per heavy atom. The number of nitrogens with one attached hydrogen (secondary N) is 1. The van der Waals surface area contributed by atoms with E-state index in [4.69, 9.17) is 0 Å². The summed E-state index contributed by atoms with van der Waals surface area (Å²) in [5.74, 6) is -2.72. The summed E-state index contributed by atoms with van der Waals surface area (Å²) in [5.41, 5.74) is -0.0813. The first-order valence-electron chi connectivity index (χ1n) is 5.59.